The van der Waals surface area contributed by atoms with E-state index in [9.17, 15) is 4.79 Å². The van der Waals surface area contributed by atoms with Gasteiger partial charge in [-0.2, -0.15) is 0 Å². The summed E-state index contributed by atoms with van der Waals surface area (Å²) in [6.07, 6.45) is 0. The van der Waals surface area contributed by atoms with Crippen LogP contribution in [0.4, 0.5) is 0 Å². The molecule has 1 amide bonds. The Morgan fingerprint density at radius 3 is 2.70 bits per heavy atom. The fraction of sp³-hybridized carbons (Fsp3) is 0.222. The summed E-state index contributed by atoms with van der Waals surface area (Å²) in [4.78, 5) is 16.8. The molecule has 5 heteroatoms. The first-order valence-corrected chi connectivity index (χ1v) is 7.99. The summed E-state index contributed by atoms with van der Waals surface area (Å²) in [5, 5.41) is 3.45. The minimum absolute atomic E-state index is 0.0591. The molecule has 23 heavy (non-hydrogen) atoms. The molecule has 1 heterocycles. The molecule has 2 aromatic carbocycles. The lowest BCUT2D eigenvalue weighted by molar-refractivity contribution is 0.0940. The van der Waals surface area contributed by atoms with Crippen molar-refractivity contribution >= 4 is 28.5 Å². The van der Waals surface area contributed by atoms with Crippen LogP contribution in [0, 0.1) is 0 Å². The van der Waals surface area contributed by atoms with Crippen molar-refractivity contribution in [3.63, 3.8) is 0 Å². The van der Waals surface area contributed by atoms with Crippen LogP contribution in [0.5, 0.6) is 0 Å². The molecular formula is C18H18ClN3O. The second-order valence-electron chi connectivity index (χ2n) is 5.43. The topological polar surface area (TPSA) is 46.9 Å². The van der Waals surface area contributed by atoms with Crippen LogP contribution < -0.4 is 5.32 Å². The smallest absolute Gasteiger partial charge is 0.251 e. The molecule has 1 atom stereocenters. The lowest BCUT2D eigenvalue weighted by atomic mass is 10.1. The second kappa shape index (κ2) is 6.42. The molecule has 3 rings (SSSR count). The minimum Gasteiger partial charge on any atom is -0.346 e. The number of hydrogen-bond acceptors (Lipinski definition) is 2. The zero-order valence-corrected chi connectivity index (χ0v) is 13.8. The van der Waals surface area contributed by atoms with Gasteiger partial charge in [-0.15, -0.1) is 0 Å². The molecule has 0 aliphatic rings. The summed E-state index contributed by atoms with van der Waals surface area (Å²) < 4.78 is 1.91. The van der Waals surface area contributed by atoms with Gasteiger partial charge in [0.2, 0.25) is 5.28 Å². The largest absolute Gasteiger partial charge is 0.346 e. The van der Waals surface area contributed by atoms with Crippen molar-refractivity contribution in [3.05, 3.63) is 64.9 Å². The molecule has 0 radical (unpaired) electrons. The van der Waals surface area contributed by atoms with Gasteiger partial charge in [-0.25, -0.2) is 4.98 Å². The first kappa shape index (κ1) is 15.6. The van der Waals surface area contributed by atoms with Crippen LogP contribution >= 0.6 is 11.6 Å². The zero-order chi connectivity index (χ0) is 16.4. The van der Waals surface area contributed by atoms with Gasteiger partial charge in [-0.05, 0) is 49.2 Å². The molecule has 118 valence electrons. The van der Waals surface area contributed by atoms with Gasteiger partial charge >= 0.3 is 0 Å². The number of aromatic nitrogens is 2. The van der Waals surface area contributed by atoms with Crippen LogP contribution in [0.15, 0.2) is 48.5 Å². The van der Waals surface area contributed by atoms with Gasteiger partial charge in [0.15, 0.2) is 0 Å². The number of nitrogens with zero attached hydrogens (tertiary/aromatic N) is 2. The Bertz CT molecular complexity index is 842. The van der Waals surface area contributed by atoms with Crippen LogP contribution in [-0.4, -0.2) is 15.5 Å². The Kier molecular flexibility index (Phi) is 4.35. The Morgan fingerprint density at radius 2 is 2.00 bits per heavy atom. The molecule has 0 fully saturated rings. The van der Waals surface area contributed by atoms with Gasteiger partial charge in [0.1, 0.15) is 0 Å². The molecular weight excluding hydrogens is 310 g/mol. The molecule has 0 saturated carbocycles. The number of benzene rings is 2. The highest BCUT2D eigenvalue weighted by atomic mass is 35.5. The van der Waals surface area contributed by atoms with Crippen LogP contribution in [0.3, 0.4) is 0 Å². The standard InChI is InChI=1S/C18H18ClN3O/c1-3-22-16-10-9-14(11-15(16)21-18(22)19)17(23)20-12(2)13-7-5-4-6-8-13/h4-12H,3H2,1-2H3,(H,20,23)/t12-/m0/s1. The third kappa shape index (κ3) is 3.08. The summed E-state index contributed by atoms with van der Waals surface area (Å²) in [5.74, 6) is -0.120. The van der Waals surface area contributed by atoms with Gasteiger partial charge in [0, 0.05) is 12.1 Å². The fourth-order valence-electron chi connectivity index (χ4n) is 2.65. The molecule has 0 aliphatic heterocycles. The zero-order valence-electron chi connectivity index (χ0n) is 13.1. The number of nitrogens with one attached hydrogen (secondary N) is 1. The number of fused-ring (bicyclic) bond motifs is 1. The van der Waals surface area contributed by atoms with Gasteiger partial charge in [0.05, 0.1) is 17.1 Å². The number of carbonyl (C=O) groups is 1. The first-order valence-electron chi connectivity index (χ1n) is 7.61. The summed E-state index contributed by atoms with van der Waals surface area (Å²) in [5.41, 5.74) is 3.32. The Balaban J connectivity index is 1.84. The molecule has 0 unspecified atom stereocenters. The van der Waals surface area contributed by atoms with E-state index in [2.05, 4.69) is 10.3 Å². The maximum atomic E-state index is 12.5. The first-order chi connectivity index (χ1) is 11.1. The van der Waals surface area contributed by atoms with E-state index in [1.807, 2.05) is 54.8 Å². The highest BCUT2D eigenvalue weighted by molar-refractivity contribution is 6.29. The van der Waals surface area contributed by atoms with Crippen molar-refractivity contribution in [2.75, 3.05) is 0 Å². The summed E-state index contributed by atoms with van der Waals surface area (Å²) in [6.45, 7) is 4.72. The van der Waals surface area contributed by atoms with Gasteiger partial charge in [-0.1, -0.05) is 30.3 Å². The van der Waals surface area contributed by atoms with Crippen molar-refractivity contribution in [1.82, 2.24) is 14.9 Å². The highest BCUT2D eigenvalue weighted by Crippen LogP contribution is 2.21. The Labute approximate surface area is 140 Å². The van der Waals surface area contributed by atoms with E-state index < -0.39 is 0 Å². The molecule has 3 aromatic rings. The quantitative estimate of drug-likeness (QED) is 0.780. The van der Waals surface area contributed by atoms with Crippen molar-refractivity contribution in [2.24, 2.45) is 0 Å². The normalized spacial score (nSPS) is 12.3. The predicted octanol–water partition coefficient (Wildman–Crippen LogP) is 4.20. The van der Waals surface area contributed by atoms with Crippen molar-refractivity contribution < 1.29 is 4.79 Å². The van der Waals surface area contributed by atoms with Crippen molar-refractivity contribution in [1.29, 1.82) is 0 Å². The average molecular weight is 328 g/mol. The number of carbonyl (C=O) groups excluding carboxylic acids is 1. The number of hydrogen-bond donors (Lipinski definition) is 1. The van der Waals surface area contributed by atoms with Crippen molar-refractivity contribution in [2.45, 2.75) is 26.4 Å². The van der Waals surface area contributed by atoms with Gasteiger partial charge in [0.25, 0.3) is 5.91 Å². The summed E-state index contributed by atoms with van der Waals surface area (Å²) in [7, 11) is 0. The van der Waals surface area contributed by atoms with Crippen LogP contribution in [0.25, 0.3) is 11.0 Å². The number of rotatable bonds is 4. The number of halogens is 1. The van der Waals surface area contributed by atoms with E-state index in [4.69, 9.17) is 11.6 Å². The second-order valence-corrected chi connectivity index (χ2v) is 5.77. The summed E-state index contributed by atoms with van der Waals surface area (Å²) in [6, 6.07) is 15.3. The SMILES string of the molecule is CCn1c(Cl)nc2cc(C(=O)N[C@@H](C)c3ccccc3)ccc21. The number of amides is 1. The van der Waals surface area contributed by atoms with E-state index in [1.54, 1.807) is 12.1 Å². The molecule has 0 aliphatic carbocycles. The predicted molar refractivity (Wildman–Crippen MR) is 92.7 cm³/mol. The number of aryl methyl sites for hydroxylation is 1. The Morgan fingerprint density at radius 1 is 1.26 bits per heavy atom. The average Bonchev–Trinajstić information content (AvgIpc) is 2.89. The molecule has 0 saturated heterocycles. The van der Waals surface area contributed by atoms with Crippen LogP contribution in [0.1, 0.15) is 35.8 Å². The van der Waals surface area contributed by atoms with E-state index in [0.29, 0.717) is 10.8 Å². The third-order valence-electron chi connectivity index (χ3n) is 3.93. The lowest BCUT2D eigenvalue weighted by Gasteiger charge is -2.14. The van der Waals surface area contributed by atoms with Gasteiger partial charge < -0.3 is 9.88 Å². The monoisotopic (exact) mass is 327 g/mol. The van der Waals surface area contributed by atoms with Gasteiger partial charge in [-0.3, -0.25) is 4.79 Å². The molecule has 0 bridgehead atoms. The van der Waals surface area contributed by atoms with E-state index in [1.165, 1.54) is 0 Å². The maximum absolute atomic E-state index is 12.5. The fourth-order valence-corrected chi connectivity index (χ4v) is 2.95. The van der Waals surface area contributed by atoms with E-state index >= 15 is 0 Å². The number of imidazole rings is 1. The van der Waals surface area contributed by atoms with E-state index in [0.717, 1.165) is 23.1 Å². The lowest BCUT2D eigenvalue weighted by Crippen LogP contribution is -2.26. The molecule has 1 aromatic heterocycles. The minimum atomic E-state index is -0.120. The van der Waals surface area contributed by atoms with Crippen LogP contribution in [0.2, 0.25) is 5.28 Å². The third-order valence-corrected chi connectivity index (χ3v) is 4.22. The Hall–Kier alpha value is -2.33. The highest BCUT2D eigenvalue weighted by Gasteiger charge is 2.14. The molecule has 1 N–H and O–H groups in total. The summed E-state index contributed by atoms with van der Waals surface area (Å²) >= 11 is 6.12. The molecule has 4 nitrogen and oxygen atoms in total. The van der Waals surface area contributed by atoms with E-state index in [-0.39, 0.29) is 11.9 Å². The maximum Gasteiger partial charge on any atom is 0.251 e. The van der Waals surface area contributed by atoms with Crippen LogP contribution in [-0.2, 0) is 6.54 Å². The van der Waals surface area contributed by atoms with Crippen molar-refractivity contribution in [3.8, 4) is 0 Å². The molecule has 0 spiro atoms.